The number of nitro benzene ring substituents is 1. The lowest BCUT2D eigenvalue weighted by Gasteiger charge is -2.18. The first kappa shape index (κ1) is 18.0. The fraction of sp³-hybridized carbons (Fsp3) is 0.188. The van der Waals surface area contributed by atoms with Crippen LogP contribution in [0.3, 0.4) is 0 Å². The number of hydrogen-bond acceptors (Lipinski definition) is 4. The zero-order chi connectivity index (χ0) is 17.7. The van der Waals surface area contributed by atoms with Crippen LogP contribution in [0.15, 0.2) is 42.5 Å². The van der Waals surface area contributed by atoms with E-state index in [0.29, 0.717) is 17.2 Å². The fourth-order valence-corrected chi connectivity index (χ4v) is 2.30. The first-order valence-corrected chi connectivity index (χ1v) is 7.84. The molecule has 1 atom stereocenters. The molecule has 24 heavy (non-hydrogen) atoms. The van der Waals surface area contributed by atoms with Crippen LogP contribution < -0.4 is 10.1 Å². The summed E-state index contributed by atoms with van der Waals surface area (Å²) in [5.41, 5.74) is -0.0214. The van der Waals surface area contributed by atoms with Crippen molar-refractivity contribution in [1.82, 2.24) is 0 Å². The van der Waals surface area contributed by atoms with Gasteiger partial charge in [-0.05, 0) is 24.6 Å². The Hall–Kier alpha value is -2.31. The van der Waals surface area contributed by atoms with Crippen LogP contribution in [0, 0.1) is 10.1 Å². The maximum absolute atomic E-state index is 12.4. The molecule has 2 aromatic rings. The smallest absolute Gasteiger partial charge is 0.271 e. The molecule has 0 saturated heterocycles. The van der Waals surface area contributed by atoms with Gasteiger partial charge in [0, 0.05) is 12.1 Å². The highest BCUT2D eigenvalue weighted by atomic mass is 35.5. The number of ether oxygens (including phenoxy) is 1. The van der Waals surface area contributed by atoms with E-state index in [2.05, 4.69) is 5.32 Å². The molecule has 0 aromatic heterocycles. The molecule has 126 valence electrons. The number of nitrogens with one attached hydrogen (secondary N) is 1. The molecule has 8 heteroatoms. The molecule has 0 aliphatic heterocycles. The third-order valence-electron chi connectivity index (χ3n) is 3.19. The average molecular weight is 369 g/mol. The molecule has 2 rings (SSSR count). The van der Waals surface area contributed by atoms with Crippen molar-refractivity contribution >= 4 is 40.5 Å². The number of hydrogen-bond donors (Lipinski definition) is 1. The van der Waals surface area contributed by atoms with Crippen LogP contribution in [0.2, 0.25) is 10.0 Å². The quantitative estimate of drug-likeness (QED) is 0.591. The topological polar surface area (TPSA) is 81.5 Å². The summed E-state index contributed by atoms with van der Waals surface area (Å²) < 4.78 is 5.63. The molecule has 0 heterocycles. The van der Waals surface area contributed by atoms with E-state index < -0.39 is 16.9 Å². The molecule has 0 aliphatic carbocycles. The van der Waals surface area contributed by atoms with Crippen molar-refractivity contribution in [3.05, 3.63) is 62.6 Å². The number of halogens is 2. The van der Waals surface area contributed by atoms with Crippen molar-refractivity contribution in [1.29, 1.82) is 0 Å². The van der Waals surface area contributed by atoms with E-state index in [4.69, 9.17) is 27.9 Å². The molecule has 1 amide bonds. The van der Waals surface area contributed by atoms with Crippen LogP contribution in [0.25, 0.3) is 0 Å². The molecule has 0 unspecified atom stereocenters. The van der Waals surface area contributed by atoms with Crippen LogP contribution in [-0.2, 0) is 4.79 Å². The Labute approximate surface area is 148 Å². The lowest BCUT2D eigenvalue weighted by molar-refractivity contribution is -0.384. The van der Waals surface area contributed by atoms with Gasteiger partial charge in [0.25, 0.3) is 11.6 Å². The first-order valence-electron chi connectivity index (χ1n) is 7.08. The van der Waals surface area contributed by atoms with Crippen LogP contribution in [0.4, 0.5) is 11.4 Å². The average Bonchev–Trinajstić information content (AvgIpc) is 2.55. The Balaban J connectivity index is 2.16. The molecule has 1 N–H and O–H groups in total. The third kappa shape index (κ3) is 4.37. The van der Waals surface area contributed by atoms with E-state index in [0.717, 1.165) is 0 Å². The highest BCUT2D eigenvalue weighted by Gasteiger charge is 2.21. The van der Waals surface area contributed by atoms with Crippen molar-refractivity contribution in [3.63, 3.8) is 0 Å². The maximum Gasteiger partial charge on any atom is 0.271 e. The minimum atomic E-state index is -0.819. The predicted molar refractivity (Wildman–Crippen MR) is 92.9 cm³/mol. The van der Waals surface area contributed by atoms with E-state index in [-0.39, 0.29) is 16.4 Å². The van der Waals surface area contributed by atoms with Crippen molar-refractivity contribution in [2.24, 2.45) is 0 Å². The number of carbonyl (C=O) groups excluding carboxylic acids is 1. The summed E-state index contributed by atoms with van der Waals surface area (Å²) in [4.78, 5) is 22.6. The lowest BCUT2D eigenvalue weighted by Crippen LogP contribution is -2.32. The Morgan fingerprint density at radius 2 is 1.96 bits per heavy atom. The third-order valence-corrected chi connectivity index (χ3v) is 3.83. The predicted octanol–water partition coefficient (Wildman–Crippen LogP) is 4.70. The summed E-state index contributed by atoms with van der Waals surface area (Å²) in [5, 5.41) is 14.0. The van der Waals surface area contributed by atoms with Gasteiger partial charge in [0.2, 0.25) is 0 Å². The molecule has 6 nitrogen and oxygen atoms in total. The van der Waals surface area contributed by atoms with E-state index in [1.165, 1.54) is 18.2 Å². The summed E-state index contributed by atoms with van der Waals surface area (Å²) in [7, 11) is 0. The van der Waals surface area contributed by atoms with Gasteiger partial charge >= 0.3 is 0 Å². The van der Waals surface area contributed by atoms with Gasteiger partial charge in [-0.2, -0.15) is 0 Å². The second-order valence-electron chi connectivity index (χ2n) is 4.86. The molecular weight excluding hydrogens is 355 g/mol. The number of benzene rings is 2. The highest BCUT2D eigenvalue weighted by Crippen LogP contribution is 2.28. The summed E-state index contributed by atoms with van der Waals surface area (Å²) in [6, 6.07) is 10.6. The number of carbonyl (C=O) groups is 1. The number of amides is 1. The minimum absolute atomic E-state index is 0.150. The molecule has 0 fully saturated rings. The summed E-state index contributed by atoms with van der Waals surface area (Å²) in [5.74, 6) is -0.0916. The summed E-state index contributed by atoms with van der Waals surface area (Å²) in [6.07, 6.45) is -0.441. The largest absolute Gasteiger partial charge is 0.479 e. The van der Waals surface area contributed by atoms with Crippen molar-refractivity contribution in [3.8, 4) is 5.75 Å². The Morgan fingerprint density at radius 3 is 2.58 bits per heavy atom. The van der Waals surface area contributed by atoms with Crippen LogP contribution in [0.1, 0.15) is 13.3 Å². The molecule has 0 radical (unpaired) electrons. The number of rotatable bonds is 6. The zero-order valence-corrected chi connectivity index (χ0v) is 14.2. The van der Waals surface area contributed by atoms with Crippen molar-refractivity contribution in [2.45, 2.75) is 19.4 Å². The van der Waals surface area contributed by atoms with Gasteiger partial charge in [-0.3, -0.25) is 14.9 Å². The van der Waals surface area contributed by atoms with Gasteiger partial charge in [-0.1, -0.05) is 42.3 Å². The highest BCUT2D eigenvalue weighted by molar-refractivity contribution is 6.34. The maximum atomic E-state index is 12.4. The van der Waals surface area contributed by atoms with Crippen LogP contribution in [-0.4, -0.2) is 16.9 Å². The van der Waals surface area contributed by atoms with Crippen molar-refractivity contribution in [2.75, 3.05) is 5.32 Å². The molecule has 0 saturated carbocycles. The standard InChI is InChI=1S/C16H14Cl2N2O4/c1-2-14(24-15-6-4-3-5-12(15)18)16(21)19-13-9-10(20(22)23)7-8-11(13)17/h3-9,14H,2H2,1H3,(H,19,21)/t14-/m1/s1. The number of anilines is 1. The van der Waals surface area contributed by atoms with Gasteiger partial charge in [-0.25, -0.2) is 0 Å². The van der Waals surface area contributed by atoms with Gasteiger partial charge in [-0.15, -0.1) is 0 Å². The molecule has 2 aromatic carbocycles. The number of non-ortho nitro benzene ring substituents is 1. The Kier molecular flexibility index (Phi) is 6.00. The Morgan fingerprint density at radius 1 is 1.25 bits per heavy atom. The second kappa shape index (κ2) is 7.99. The SMILES string of the molecule is CC[C@@H](Oc1ccccc1Cl)C(=O)Nc1cc([N+](=O)[O-])ccc1Cl. The lowest BCUT2D eigenvalue weighted by atomic mass is 10.2. The molecule has 0 bridgehead atoms. The number of nitrogens with zero attached hydrogens (tertiary/aromatic N) is 1. The van der Waals surface area contributed by atoms with Crippen molar-refractivity contribution < 1.29 is 14.5 Å². The minimum Gasteiger partial charge on any atom is -0.479 e. The summed E-state index contributed by atoms with van der Waals surface area (Å²) >= 11 is 12.0. The molecule has 0 aliphatic rings. The second-order valence-corrected chi connectivity index (χ2v) is 5.67. The molecule has 0 spiro atoms. The monoisotopic (exact) mass is 368 g/mol. The van der Waals surface area contributed by atoms with Gasteiger partial charge < -0.3 is 10.1 Å². The zero-order valence-electron chi connectivity index (χ0n) is 12.7. The van der Waals surface area contributed by atoms with E-state index in [9.17, 15) is 14.9 Å². The van der Waals surface area contributed by atoms with Gasteiger partial charge in [0.1, 0.15) is 5.75 Å². The Bertz CT molecular complexity index is 767. The van der Waals surface area contributed by atoms with Crippen LogP contribution >= 0.6 is 23.2 Å². The van der Waals surface area contributed by atoms with E-state index in [1.54, 1.807) is 31.2 Å². The van der Waals surface area contributed by atoms with E-state index in [1.807, 2.05) is 0 Å². The normalized spacial score (nSPS) is 11.6. The fourth-order valence-electron chi connectivity index (χ4n) is 1.95. The first-order chi connectivity index (χ1) is 11.4. The molecular formula is C16H14Cl2N2O4. The summed E-state index contributed by atoms with van der Waals surface area (Å²) in [6.45, 7) is 1.77. The number of para-hydroxylation sites is 1. The number of nitro groups is 1. The van der Waals surface area contributed by atoms with E-state index >= 15 is 0 Å². The van der Waals surface area contributed by atoms with Crippen LogP contribution in [0.5, 0.6) is 5.75 Å². The van der Waals surface area contributed by atoms with Gasteiger partial charge in [0.15, 0.2) is 6.10 Å². The van der Waals surface area contributed by atoms with Gasteiger partial charge in [0.05, 0.1) is 20.7 Å².